The second-order valence-electron chi connectivity index (χ2n) is 3.72. The van der Waals surface area contributed by atoms with Crippen LogP contribution in [0, 0.1) is 5.82 Å². The van der Waals surface area contributed by atoms with Gasteiger partial charge in [0.1, 0.15) is 5.82 Å². The smallest absolute Gasteiger partial charge is 0.210 e. The fraction of sp³-hybridized carbons (Fsp3) is 0.167. The third kappa shape index (κ3) is 3.54. The van der Waals surface area contributed by atoms with E-state index in [4.69, 9.17) is 0 Å². The zero-order valence-corrected chi connectivity index (χ0v) is 11.4. The Morgan fingerprint density at radius 2 is 2.22 bits per heavy atom. The number of aromatic nitrogens is 2. The van der Waals surface area contributed by atoms with Crippen molar-refractivity contribution in [2.45, 2.75) is 11.3 Å². The number of nitrogens with zero attached hydrogens (tertiary/aromatic N) is 2. The molecule has 0 aliphatic heterocycles. The molecule has 0 radical (unpaired) electrons. The van der Waals surface area contributed by atoms with E-state index in [0.29, 0.717) is 10.8 Å². The standard InChI is InChI=1S/C12H12FN3S2/c1-8(2)7-17-12-16-15-11(18-12)14-10-6-4-3-5-9(10)13/h3-6H,1,7H2,2H3,(H,14,15). The van der Waals surface area contributed by atoms with E-state index in [-0.39, 0.29) is 5.82 Å². The Labute approximate surface area is 113 Å². The molecule has 2 aromatic rings. The van der Waals surface area contributed by atoms with Crippen molar-refractivity contribution in [3.8, 4) is 0 Å². The van der Waals surface area contributed by atoms with Gasteiger partial charge >= 0.3 is 0 Å². The molecule has 0 spiro atoms. The maximum atomic E-state index is 13.4. The van der Waals surface area contributed by atoms with Gasteiger partial charge in [0, 0.05) is 5.75 Å². The Balaban J connectivity index is 2.02. The highest BCUT2D eigenvalue weighted by Crippen LogP contribution is 2.29. The van der Waals surface area contributed by atoms with Gasteiger partial charge in [0.15, 0.2) is 4.34 Å². The van der Waals surface area contributed by atoms with Gasteiger partial charge in [-0.1, -0.05) is 47.4 Å². The third-order valence-electron chi connectivity index (χ3n) is 1.96. The quantitative estimate of drug-likeness (QED) is 0.661. The number of hydrogen-bond acceptors (Lipinski definition) is 5. The van der Waals surface area contributed by atoms with Gasteiger partial charge in [0.2, 0.25) is 5.13 Å². The molecule has 2 rings (SSSR count). The molecule has 94 valence electrons. The van der Waals surface area contributed by atoms with Gasteiger partial charge in [-0.05, 0) is 19.1 Å². The minimum atomic E-state index is -0.302. The molecule has 3 nitrogen and oxygen atoms in total. The molecule has 6 heteroatoms. The molecule has 0 aliphatic rings. The lowest BCUT2D eigenvalue weighted by atomic mass is 10.3. The Morgan fingerprint density at radius 1 is 1.44 bits per heavy atom. The first-order valence-electron chi connectivity index (χ1n) is 5.27. The fourth-order valence-corrected chi connectivity index (χ4v) is 2.79. The Kier molecular flexibility index (Phi) is 4.33. The molecule has 0 bridgehead atoms. The molecule has 0 fully saturated rings. The number of halogens is 1. The highest BCUT2D eigenvalue weighted by molar-refractivity contribution is 8.01. The van der Waals surface area contributed by atoms with Crippen LogP contribution in [0.3, 0.4) is 0 Å². The number of thioether (sulfide) groups is 1. The molecule has 0 atom stereocenters. The van der Waals surface area contributed by atoms with Crippen molar-refractivity contribution in [3.05, 3.63) is 42.2 Å². The Hall–Kier alpha value is -1.40. The molecular weight excluding hydrogens is 269 g/mol. The lowest BCUT2D eigenvalue weighted by molar-refractivity contribution is 0.632. The van der Waals surface area contributed by atoms with Crippen molar-refractivity contribution >= 4 is 33.9 Å². The molecule has 0 unspecified atom stereocenters. The van der Waals surface area contributed by atoms with Crippen molar-refractivity contribution < 1.29 is 4.39 Å². The first-order valence-corrected chi connectivity index (χ1v) is 7.07. The summed E-state index contributed by atoms with van der Waals surface area (Å²) in [7, 11) is 0. The van der Waals surface area contributed by atoms with Crippen LogP contribution in [0.5, 0.6) is 0 Å². The summed E-state index contributed by atoms with van der Waals surface area (Å²) in [6.07, 6.45) is 0. The number of rotatable bonds is 5. The van der Waals surface area contributed by atoms with E-state index < -0.39 is 0 Å². The zero-order chi connectivity index (χ0) is 13.0. The van der Waals surface area contributed by atoms with E-state index in [1.807, 2.05) is 6.92 Å². The maximum Gasteiger partial charge on any atom is 0.210 e. The van der Waals surface area contributed by atoms with Crippen LogP contribution < -0.4 is 5.32 Å². The summed E-state index contributed by atoms with van der Waals surface area (Å²) in [5, 5.41) is 11.5. The van der Waals surface area contributed by atoms with Crippen LogP contribution in [0.1, 0.15) is 6.92 Å². The van der Waals surface area contributed by atoms with E-state index in [9.17, 15) is 4.39 Å². The molecule has 1 aromatic carbocycles. The summed E-state index contributed by atoms with van der Waals surface area (Å²) >= 11 is 2.98. The number of para-hydroxylation sites is 1. The summed E-state index contributed by atoms with van der Waals surface area (Å²) in [6, 6.07) is 6.48. The van der Waals surface area contributed by atoms with Crippen LogP contribution in [0.2, 0.25) is 0 Å². The molecule has 0 amide bonds. The molecule has 0 saturated carbocycles. The van der Waals surface area contributed by atoms with Crippen molar-refractivity contribution in [1.82, 2.24) is 10.2 Å². The zero-order valence-electron chi connectivity index (χ0n) is 9.81. The minimum Gasteiger partial charge on any atom is -0.328 e. The van der Waals surface area contributed by atoms with E-state index in [2.05, 4.69) is 22.1 Å². The van der Waals surface area contributed by atoms with Crippen LogP contribution in [-0.2, 0) is 0 Å². The van der Waals surface area contributed by atoms with Crippen LogP contribution in [0.4, 0.5) is 15.2 Å². The highest BCUT2D eigenvalue weighted by Gasteiger charge is 2.07. The van der Waals surface area contributed by atoms with Crippen LogP contribution in [0.25, 0.3) is 0 Å². The number of hydrogen-bond donors (Lipinski definition) is 1. The highest BCUT2D eigenvalue weighted by atomic mass is 32.2. The van der Waals surface area contributed by atoms with Gasteiger partial charge in [0.05, 0.1) is 5.69 Å². The van der Waals surface area contributed by atoms with Crippen LogP contribution in [0.15, 0.2) is 40.8 Å². The average molecular weight is 281 g/mol. The second-order valence-corrected chi connectivity index (χ2v) is 5.92. The maximum absolute atomic E-state index is 13.4. The normalized spacial score (nSPS) is 10.3. The molecule has 0 aliphatic carbocycles. The third-order valence-corrected chi connectivity index (χ3v) is 4.17. The number of nitrogens with one attached hydrogen (secondary N) is 1. The molecule has 1 aromatic heterocycles. The topological polar surface area (TPSA) is 37.8 Å². The van der Waals surface area contributed by atoms with Gasteiger partial charge in [-0.25, -0.2) is 4.39 Å². The van der Waals surface area contributed by atoms with Crippen molar-refractivity contribution in [2.75, 3.05) is 11.1 Å². The average Bonchev–Trinajstić information content (AvgIpc) is 2.77. The lowest BCUT2D eigenvalue weighted by Gasteiger charge is -2.01. The van der Waals surface area contributed by atoms with E-state index >= 15 is 0 Å². The first-order chi connectivity index (χ1) is 8.65. The number of benzene rings is 1. The van der Waals surface area contributed by atoms with Crippen LogP contribution in [-0.4, -0.2) is 16.0 Å². The summed E-state index contributed by atoms with van der Waals surface area (Å²) < 4.78 is 14.3. The molecule has 18 heavy (non-hydrogen) atoms. The SMILES string of the molecule is C=C(C)CSc1nnc(Nc2ccccc2F)s1. The molecule has 0 saturated heterocycles. The number of anilines is 2. The van der Waals surface area contributed by atoms with Gasteiger partial charge in [0.25, 0.3) is 0 Å². The second kappa shape index (κ2) is 5.97. The minimum absolute atomic E-state index is 0.302. The predicted octanol–water partition coefficient (Wildman–Crippen LogP) is 4.09. The van der Waals surface area contributed by atoms with E-state index in [1.54, 1.807) is 30.0 Å². The summed E-state index contributed by atoms with van der Waals surface area (Å²) in [6.45, 7) is 5.79. The fourth-order valence-electron chi connectivity index (χ4n) is 1.18. The van der Waals surface area contributed by atoms with Crippen molar-refractivity contribution in [3.63, 3.8) is 0 Å². The predicted molar refractivity (Wildman–Crippen MR) is 75.1 cm³/mol. The summed E-state index contributed by atoms with van der Waals surface area (Å²) in [4.78, 5) is 0. The van der Waals surface area contributed by atoms with Gasteiger partial charge in [-0.2, -0.15) is 0 Å². The Bertz CT molecular complexity index is 554. The molecule has 1 N–H and O–H groups in total. The lowest BCUT2D eigenvalue weighted by Crippen LogP contribution is -1.92. The van der Waals surface area contributed by atoms with Gasteiger partial charge < -0.3 is 5.32 Å². The largest absolute Gasteiger partial charge is 0.328 e. The van der Waals surface area contributed by atoms with Crippen molar-refractivity contribution in [2.24, 2.45) is 0 Å². The monoisotopic (exact) mass is 281 g/mol. The van der Waals surface area contributed by atoms with Gasteiger partial charge in [-0.15, -0.1) is 10.2 Å². The summed E-state index contributed by atoms with van der Waals surface area (Å²) in [5.41, 5.74) is 1.49. The van der Waals surface area contributed by atoms with Crippen LogP contribution >= 0.6 is 23.1 Å². The van der Waals surface area contributed by atoms with Crippen molar-refractivity contribution in [1.29, 1.82) is 0 Å². The van der Waals surface area contributed by atoms with Gasteiger partial charge in [-0.3, -0.25) is 0 Å². The summed E-state index contributed by atoms with van der Waals surface area (Å²) in [5.74, 6) is 0.512. The molecular formula is C12H12FN3S2. The first kappa shape index (κ1) is 13.0. The molecule has 1 heterocycles. The van der Waals surface area contributed by atoms with E-state index in [1.165, 1.54) is 17.4 Å². The Morgan fingerprint density at radius 3 is 2.94 bits per heavy atom. The van der Waals surface area contributed by atoms with E-state index in [0.717, 1.165) is 15.7 Å².